The van der Waals surface area contributed by atoms with Crippen LogP contribution in [0.15, 0.2) is 24.3 Å². The van der Waals surface area contributed by atoms with Crippen LogP contribution in [0.1, 0.15) is 58.4 Å². The van der Waals surface area contributed by atoms with E-state index in [4.69, 9.17) is 0 Å². The first-order valence-corrected chi connectivity index (χ1v) is 8.96. The van der Waals surface area contributed by atoms with E-state index in [0.717, 1.165) is 6.54 Å². The predicted octanol–water partition coefficient (Wildman–Crippen LogP) is 5.17. The molecule has 0 aromatic heterocycles. The maximum Gasteiger partial charge on any atom is 0.0130 e. The molecule has 1 fully saturated rings. The van der Waals surface area contributed by atoms with Crippen LogP contribution in [-0.2, 0) is 6.42 Å². The Morgan fingerprint density at radius 3 is 2.20 bits per heavy atom. The Morgan fingerprint density at radius 1 is 1.05 bits per heavy atom. The van der Waals surface area contributed by atoms with Crippen molar-refractivity contribution in [3.05, 3.63) is 33.4 Å². The molecule has 20 heavy (non-hydrogen) atoms. The molecule has 0 bridgehead atoms. The largest absolute Gasteiger partial charge is 0.312 e. The molecule has 0 unspecified atom stereocenters. The first kappa shape index (κ1) is 16.3. The van der Waals surface area contributed by atoms with Crippen molar-refractivity contribution in [2.45, 2.75) is 64.8 Å². The standard InChI is InChI=1S/C18H28IN/c1-17(2,3)20-14-18(11-5-4-6-12-18)13-15-7-9-16(19)10-8-15/h7-10,20H,4-6,11-14H2,1-3H3. The third kappa shape index (κ3) is 5.03. The van der Waals surface area contributed by atoms with E-state index in [9.17, 15) is 0 Å². The molecule has 2 rings (SSSR count). The van der Waals surface area contributed by atoms with Crippen LogP contribution in [0.25, 0.3) is 0 Å². The summed E-state index contributed by atoms with van der Waals surface area (Å²) in [5, 5.41) is 3.76. The molecule has 1 nitrogen and oxygen atoms in total. The second-order valence-corrected chi connectivity index (χ2v) is 8.71. The summed E-state index contributed by atoms with van der Waals surface area (Å²) >= 11 is 2.39. The molecule has 1 aromatic carbocycles. The van der Waals surface area contributed by atoms with E-state index in [1.165, 1.54) is 47.7 Å². The van der Waals surface area contributed by atoms with Gasteiger partial charge >= 0.3 is 0 Å². The van der Waals surface area contributed by atoms with Crippen LogP contribution in [0.3, 0.4) is 0 Å². The molecule has 0 radical (unpaired) electrons. The average molecular weight is 385 g/mol. The van der Waals surface area contributed by atoms with Gasteiger partial charge in [-0.05, 0) is 85.7 Å². The minimum atomic E-state index is 0.219. The van der Waals surface area contributed by atoms with Gasteiger partial charge in [-0.1, -0.05) is 31.4 Å². The second kappa shape index (κ2) is 6.78. The monoisotopic (exact) mass is 385 g/mol. The highest BCUT2D eigenvalue weighted by Gasteiger charge is 2.33. The number of benzene rings is 1. The maximum absolute atomic E-state index is 3.76. The van der Waals surface area contributed by atoms with Gasteiger partial charge in [-0.15, -0.1) is 0 Å². The molecule has 0 spiro atoms. The van der Waals surface area contributed by atoms with Crippen molar-refractivity contribution < 1.29 is 0 Å². The van der Waals surface area contributed by atoms with Gasteiger partial charge in [0.2, 0.25) is 0 Å². The Kier molecular flexibility index (Phi) is 5.52. The van der Waals surface area contributed by atoms with E-state index in [1.54, 1.807) is 0 Å². The lowest BCUT2D eigenvalue weighted by molar-refractivity contribution is 0.165. The molecular formula is C18H28IN. The highest BCUT2D eigenvalue weighted by atomic mass is 127. The summed E-state index contributed by atoms with van der Waals surface area (Å²) < 4.78 is 1.33. The van der Waals surface area contributed by atoms with Crippen LogP contribution in [0.5, 0.6) is 0 Å². The van der Waals surface area contributed by atoms with Crippen LogP contribution in [-0.4, -0.2) is 12.1 Å². The van der Waals surface area contributed by atoms with Crippen LogP contribution >= 0.6 is 22.6 Å². The zero-order valence-corrected chi connectivity index (χ0v) is 15.3. The molecule has 2 heteroatoms. The topological polar surface area (TPSA) is 12.0 Å². The zero-order chi connectivity index (χ0) is 14.6. The van der Waals surface area contributed by atoms with E-state index in [-0.39, 0.29) is 5.54 Å². The highest BCUT2D eigenvalue weighted by Crippen LogP contribution is 2.39. The van der Waals surface area contributed by atoms with Crippen molar-refractivity contribution in [3.63, 3.8) is 0 Å². The SMILES string of the molecule is CC(C)(C)NCC1(Cc2ccc(I)cc2)CCCCC1. The predicted molar refractivity (Wildman–Crippen MR) is 96.1 cm³/mol. The fourth-order valence-electron chi connectivity index (χ4n) is 3.21. The van der Waals surface area contributed by atoms with Gasteiger partial charge in [0.05, 0.1) is 0 Å². The van der Waals surface area contributed by atoms with Crippen molar-refractivity contribution in [1.29, 1.82) is 0 Å². The van der Waals surface area contributed by atoms with Crippen molar-refractivity contribution in [3.8, 4) is 0 Å². The summed E-state index contributed by atoms with van der Waals surface area (Å²) in [5.74, 6) is 0. The Bertz CT molecular complexity index is 410. The summed E-state index contributed by atoms with van der Waals surface area (Å²) in [4.78, 5) is 0. The van der Waals surface area contributed by atoms with Gasteiger partial charge in [0, 0.05) is 15.7 Å². The Labute approximate surface area is 138 Å². The number of hydrogen-bond donors (Lipinski definition) is 1. The first-order valence-electron chi connectivity index (χ1n) is 7.88. The van der Waals surface area contributed by atoms with Gasteiger partial charge in [0.15, 0.2) is 0 Å². The maximum atomic E-state index is 3.76. The minimum absolute atomic E-state index is 0.219. The van der Waals surface area contributed by atoms with Gasteiger partial charge in [0.25, 0.3) is 0 Å². The molecule has 1 N–H and O–H groups in total. The second-order valence-electron chi connectivity index (χ2n) is 7.47. The average Bonchev–Trinajstić information content (AvgIpc) is 2.40. The normalized spacial score (nSPS) is 19.0. The van der Waals surface area contributed by atoms with Crippen molar-refractivity contribution in [2.75, 3.05) is 6.54 Å². The molecule has 1 aliphatic rings. The molecule has 0 saturated heterocycles. The molecule has 0 aliphatic heterocycles. The van der Waals surface area contributed by atoms with E-state index in [1.807, 2.05) is 0 Å². The van der Waals surface area contributed by atoms with Crippen molar-refractivity contribution >= 4 is 22.6 Å². The lowest BCUT2D eigenvalue weighted by atomic mass is 9.70. The quantitative estimate of drug-likeness (QED) is 0.705. The molecular weight excluding hydrogens is 357 g/mol. The molecule has 0 amide bonds. The molecule has 1 aliphatic carbocycles. The Morgan fingerprint density at radius 2 is 1.65 bits per heavy atom. The van der Waals surface area contributed by atoms with Gasteiger partial charge in [-0.25, -0.2) is 0 Å². The fourth-order valence-corrected chi connectivity index (χ4v) is 3.57. The van der Waals surface area contributed by atoms with E-state index >= 15 is 0 Å². The van der Waals surface area contributed by atoms with Gasteiger partial charge in [-0.3, -0.25) is 0 Å². The summed E-state index contributed by atoms with van der Waals surface area (Å²) in [7, 11) is 0. The van der Waals surface area contributed by atoms with Crippen molar-refractivity contribution in [2.24, 2.45) is 5.41 Å². The first-order chi connectivity index (χ1) is 9.39. The lowest BCUT2D eigenvalue weighted by Crippen LogP contribution is -2.45. The summed E-state index contributed by atoms with van der Waals surface area (Å²) in [5.41, 5.74) is 2.19. The molecule has 112 valence electrons. The fraction of sp³-hybridized carbons (Fsp3) is 0.667. The van der Waals surface area contributed by atoms with Gasteiger partial charge in [0.1, 0.15) is 0 Å². The third-order valence-electron chi connectivity index (χ3n) is 4.40. The van der Waals surface area contributed by atoms with Crippen LogP contribution < -0.4 is 5.32 Å². The number of nitrogens with one attached hydrogen (secondary N) is 1. The lowest BCUT2D eigenvalue weighted by Gasteiger charge is -2.40. The summed E-state index contributed by atoms with van der Waals surface area (Å²) in [6.07, 6.45) is 8.20. The van der Waals surface area contributed by atoms with Gasteiger partial charge in [-0.2, -0.15) is 0 Å². The Hall–Kier alpha value is -0.0900. The minimum Gasteiger partial charge on any atom is -0.312 e. The highest BCUT2D eigenvalue weighted by molar-refractivity contribution is 14.1. The number of rotatable bonds is 4. The summed E-state index contributed by atoms with van der Waals surface area (Å²) in [6.45, 7) is 7.97. The molecule has 1 saturated carbocycles. The third-order valence-corrected chi connectivity index (χ3v) is 5.12. The van der Waals surface area contributed by atoms with Crippen LogP contribution in [0.2, 0.25) is 0 Å². The van der Waals surface area contributed by atoms with E-state index in [2.05, 4.69) is 72.9 Å². The summed E-state index contributed by atoms with van der Waals surface area (Å²) in [6, 6.07) is 9.11. The molecule has 0 heterocycles. The van der Waals surface area contributed by atoms with Crippen LogP contribution in [0, 0.1) is 8.99 Å². The Balaban J connectivity index is 2.08. The van der Waals surface area contributed by atoms with Crippen molar-refractivity contribution in [1.82, 2.24) is 5.32 Å². The smallest absolute Gasteiger partial charge is 0.0130 e. The number of hydrogen-bond acceptors (Lipinski definition) is 1. The molecule has 0 atom stereocenters. The zero-order valence-electron chi connectivity index (χ0n) is 13.1. The number of halogens is 1. The van der Waals surface area contributed by atoms with E-state index in [0.29, 0.717) is 5.41 Å². The van der Waals surface area contributed by atoms with Crippen LogP contribution in [0.4, 0.5) is 0 Å². The van der Waals surface area contributed by atoms with E-state index < -0.39 is 0 Å². The van der Waals surface area contributed by atoms with Gasteiger partial charge < -0.3 is 5.32 Å². The molecule has 1 aromatic rings.